The number of nitrogens with one attached hydrogen (secondary N) is 1. The van der Waals surface area contributed by atoms with Crippen molar-refractivity contribution >= 4 is 22.6 Å². The molecule has 0 aliphatic carbocycles. The fraction of sp³-hybridized carbons (Fsp3) is 0.133. The number of aromatic nitrogens is 3. The zero-order valence-corrected chi connectivity index (χ0v) is 12.9. The van der Waals surface area contributed by atoms with Crippen LogP contribution in [0, 0.1) is 12.7 Å². The SMILES string of the molecule is COc1cccc(C)c1-n1c(=O)[nH]c(=O)c2cc(F)c(Cl)nc21. The summed E-state index contributed by atoms with van der Waals surface area (Å²) in [5, 5.41) is -0.513. The summed E-state index contributed by atoms with van der Waals surface area (Å²) < 4.78 is 20.1. The molecule has 2 aromatic heterocycles. The van der Waals surface area contributed by atoms with E-state index in [1.54, 1.807) is 25.1 Å². The summed E-state index contributed by atoms with van der Waals surface area (Å²) in [7, 11) is 1.46. The maximum Gasteiger partial charge on any atom is 0.334 e. The number of benzene rings is 1. The Hall–Kier alpha value is -2.67. The Morgan fingerprint density at radius 2 is 2.09 bits per heavy atom. The minimum Gasteiger partial charge on any atom is -0.495 e. The predicted molar refractivity (Wildman–Crippen MR) is 84.2 cm³/mol. The van der Waals surface area contributed by atoms with Gasteiger partial charge in [0.1, 0.15) is 5.75 Å². The Morgan fingerprint density at radius 3 is 2.78 bits per heavy atom. The van der Waals surface area contributed by atoms with Crippen molar-refractivity contribution in [3.8, 4) is 11.4 Å². The lowest BCUT2D eigenvalue weighted by Gasteiger charge is -2.15. The predicted octanol–water partition coefficient (Wildman–Crippen LogP) is 2.18. The van der Waals surface area contributed by atoms with Crippen LogP contribution in [0.5, 0.6) is 5.75 Å². The van der Waals surface area contributed by atoms with Gasteiger partial charge in [0.15, 0.2) is 16.6 Å². The molecule has 0 radical (unpaired) electrons. The molecule has 0 saturated carbocycles. The molecule has 0 spiro atoms. The minimum absolute atomic E-state index is 0.0437. The molecule has 3 rings (SSSR count). The normalized spacial score (nSPS) is 11.0. The number of hydrogen-bond acceptors (Lipinski definition) is 4. The molecule has 6 nitrogen and oxygen atoms in total. The van der Waals surface area contributed by atoms with Crippen LogP contribution < -0.4 is 16.0 Å². The second-order valence-electron chi connectivity index (χ2n) is 4.85. The monoisotopic (exact) mass is 335 g/mol. The third-order valence-electron chi connectivity index (χ3n) is 3.44. The van der Waals surface area contributed by atoms with E-state index in [1.165, 1.54) is 7.11 Å². The molecule has 0 aliphatic rings. The lowest BCUT2D eigenvalue weighted by molar-refractivity contribution is 0.412. The average molecular weight is 336 g/mol. The van der Waals surface area contributed by atoms with Crippen LogP contribution in [-0.2, 0) is 0 Å². The number of para-hydroxylation sites is 1. The molecule has 0 saturated heterocycles. The van der Waals surface area contributed by atoms with Gasteiger partial charge in [-0.2, -0.15) is 0 Å². The maximum absolute atomic E-state index is 13.6. The Bertz CT molecular complexity index is 1040. The summed E-state index contributed by atoms with van der Waals surface area (Å²) in [4.78, 5) is 30.3. The number of nitrogens with zero attached hydrogens (tertiary/aromatic N) is 2. The number of rotatable bonds is 2. The molecule has 23 heavy (non-hydrogen) atoms. The molecular formula is C15H11ClFN3O3. The van der Waals surface area contributed by atoms with Gasteiger partial charge in [0.25, 0.3) is 5.56 Å². The molecule has 118 valence electrons. The standard InChI is InChI=1S/C15H11ClFN3O3/c1-7-4-3-5-10(23-2)11(7)20-13-8(14(21)19-15(20)22)6-9(17)12(16)18-13/h3-6H,1-2H3,(H,19,21,22). The summed E-state index contributed by atoms with van der Waals surface area (Å²) in [6, 6.07) is 6.14. The molecular weight excluding hydrogens is 325 g/mol. The van der Waals surface area contributed by atoms with Crippen molar-refractivity contribution in [2.24, 2.45) is 0 Å². The first kappa shape index (κ1) is 15.2. The van der Waals surface area contributed by atoms with Gasteiger partial charge in [-0.15, -0.1) is 0 Å². The fourth-order valence-corrected chi connectivity index (χ4v) is 2.54. The number of H-pyrrole nitrogens is 1. The Labute approximate surface area is 134 Å². The van der Waals surface area contributed by atoms with E-state index in [0.717, 1.165) is 10.6 Å². The van der Waals surface area contributed by atoms with Gasteiger partial charge in [0, 0.05) is 0 Å². The van der Waals surface area contributed by atoms with Crippen molar-refractivity contribution in [2.75, 3.05) is 7.11 Å². The van der Waals surface area contributed by atoms with Crippen LogP contribution in [0.25, 0.3) is 16.7 Å². The van der Waals surface area contributed by atoms with Crippen molar-refractivity contribution in [3.63, 3.8) is 0 Å². The highest BCUT2D eigenvalue weighted by molar-refractivity contribution is 6.29. The van der Waals surface area contributed by atoms with Crippen LogP contribution in [0.1, 0.15) is 5.56 Å². The smallest absolute Gasteiger partial charge is 0.334 e. The van der Waals surface area contributed by atoms with E-state index in [9.17, 15) is 14.0 Å². The van der Waals surface area contributed by atoms with E-state index >= 15 is 0 Å². The van der Waals surface area contributed by atoms with E-state index in [-0.39, 0.29) is 11.0 Å². The van der Waals surface area contributed by atoms with Crippen LogP contribution in [0.4, 0.5) is 4.39 Å². The van der Waals surface area contributed by atoms with Crippen LogP contribution in [0.3, 0.4) is 0 Å². The van der Waals surface area contributed by atoms with E-state index in [0.29, 0.717) is 17.0 Å². The lowest BCUT2D eigenvalue weighted by Crippen LogP contribution is -2.30. The quantitative estimate of drug-likeness (QED) is 0.728. The number of hydrogen-bond donors (Lipinski definition) is 1. The van der Waals surface area contributed by atoms with Gasteiger partial charge in [-0.05, 0) is 24.6 Å². The fourth-order valence-electron chi connectivity index (χ4n) is 2.40. The first-order valence-corrected chi connectivity index (χ1v) is 6.97. The van der Waals surface area contributed by atoms with Crippen molar-refractivity contribution in [3.05, 3.63) is 61.6 Å². The molecule has 8 heteroatoms. The molecule has 1 N–H and O–H groups in total. The molecule has 0 atom stereocenters. The summed E-state index contributed by atoms with van der Waals surface area (Å²) in [5.74, 6) is -0.436. The molecule has 0 unspecified atom stereocenters. The molecule has 3 aromatic rings. The number of ether oxygens (including phenoxy) is 1. The van der Waals surface area contributed by atoms with Crippen molar-refractivity contribution in [1.29, 1.82) is 0 Å². The number of aromatic amines is 1. The second kappa shape index (κ2) is 5.51. The lowest BCUT2D eigenvalue weighted by atomic mass is 10.1. The van der Waals surface area contributed by atoms with Gasteiger partial charge < -0.3 is 4.74 Å². The van der Waals surface area contributed by atoms with E-state index < -0.39 is 22.2 Å². The maximum atomic E-state index is 13.6. The highest BCUT2D eigenvalue weighted by atomic mass is 35.5. The number of aryl methyl sites for hydroxylation is 1. The summed E-state index contributed by atoms with van der Waals surface area (Å²) in [5.41, 5.74) is -0.390. The highest BCUT2D eigenvalue weighted by Gasteiger charge is 2.18. The van der Waals surface area contributed by atoms with E-state index in [4.69, 9.17) is 16.3 Å². The van der Waals surface area contributed by atoms with Gasteiger partial charge in [0.2, 0.25) is 0 Å². The second-order valence-corrected chi connectivity index (χ2v) is 5.21. The van der Waals surface area contributed by atoms with Crippen LogP contribution in [-0.4, -0.2) is 21.6 Å². The van der Waals surface area contributed by atoms with Gasteiger partial charge in [-0.25, -0.2) is 18.7 Å². The molecule has 2 heterocycles. The summed E-state index contributed by atoms with van der Waals surface area (Å²) in [6.07, 6.45) is 0. The molecule has 0 amide bonds. The van der Waals surface area contributed by atoms with Crippen LogP contribution in [0.15, 0.2) is 33.9 Å². The third kappa shape index (κ3) is 2.39. The third-order valence-corrected chi connectivity index (χ3v) is 3.70. The first-order chi connectivity index (χ1) is 10.9. The number of pyridine rings is 1. The molecule has 0 aliphatic heterocycles. The van der Waals surface area contributed by atoms with E-state index in [1.807, 2.05) is 0 Å². The Morgan fingerprint density at radius 1 is 1.35 bits per heavy atom. The van der Waals surface area contributed by atoms with Crippen molar-refractivity contribution in [2.45, 2.75) is 6.92 Å². The molecule has 0 bridgehead atoms. The first-order valence-electron chi connectivity index (χ1n) is 6.59. The number of methoxy groups -OCH3 is 1. The molecule has 0 fully saturated rings. The minimum atomic E-state index is -0.841. The largest absolute Gasteiger partial charge is 0.495 e. The average Bonchev–Trinajstić information content (AvgIpc) is 2.50. The zero-order chi connectivity index (χ0) is 16.7. The van der Waals surface area contributed by atoms with E-state index in [2.05, 4.69) is 9.97 Å². The zero-order valence-electron chi connectivity index (χ0n) is 12.2. The van der Waals surface area contributed by atoms with Gasteiger partial charge in [-0.3, -0.25) is 9.78 Å². The Kier molecular flexibility index (Phi) is 3.65. The highest BCUT2D eigenvalue weighted by Crippen LogP contribution is 2.27. The van der Waals surface area contributed by atoms with Crippen LogP contribution >= 0.6 is 11.6 Å². The number of fused-ring (bicyclic) bond motifs is 1. The Balaban J connectivity index is 2.56. The van der Waals surface area contributed by atoms with Gasteiger partial charge in [-0.1, -0.05) is 23.7 Å². The summed E-state index contributed by atoms with van der Waals surface area (Å²) >= 11 is 5.72. The number of halogens is 2. The van der Waals surface area contributed by atoms with Gasteiger partial charge in [0.05, 0.1) is 18.2 Å². The topological polar surface area (TPSA) is 77.0 Å². The van der Waals surface area contributed by atoms with Crippen molar-refractivity contribution in [1.82, 2.24) is 14.5 Å². The van der Waals surface area contributed by atoms with Crippen LogP contribution in [0.2, 0.25) is 5.15 Å². The van der Waals surface area contributed by atoms with Crippen molar-refractivity contribution < 1.29 is 9.13 Å². The summed E-state index contributed by atoms with van der Waals surface area (Å²) in [6.45, 7) is 1.77. The molecule has 1 aromatic carbocycles. The van der Waals surface area contributed by atoms with Gasteiger partial charge >= 0.3 is 5.69 Å².